The summed E-state index contributed by atoms with van der Waals surface area (Å²) in [5.41, 5.74) is 7.01. The zero-order valence-corrected chi connectivity index (χ0v) is 18.5. The Bertz CT molecular complexity index is 679. The Morgan fingerprint density at radius 3 is 1.32 bits per heavy atom. The van der Waals surface area contributed by atoms with E-state index in [1.54, 1.807) is 0 Å². The fraction of sp³-hybridized carbons (Fsp3) is 0.571. The minimum absolute atomic E-state index is 0. The Hall–Kier alpha value is -0.100. The third-order valence-electron chi connectivity index (χ3n) is 4.79. The molecule has 0 aliphatic carbocycles. The maximum Gasteiger partial charge on any atom is 0.274 e. The number of rotatable bonds is 2. The van der Waals surface area contributed by atoms with Gasteiger partial charge in [-0.25, -0.2) is 18.3 Å². The lowest BCUT2D eigenvalue weighted by atomic mass is 10.4. The van der Waals surface area contributed by atoms with Crippen LogP contribution in [-0.4, -0.2) is 9.13 Å². The molecule has 2 heterocycles. The number of aromatic nitrogens is 4. The second-order valence-corrected chi connectivity index (χ2v) is 11.6. The molecular weight excluding hydrogens is 399 g/mol. The molecular formula is C14H24BrN4PS2. The van der Waals surface area contributed by atoms with Crippen LogP contribution in [0.25, 0.3) is 0 Å². The summed E-state index contributed by atoms with van der Waals surface area (Å²) in [6, 6.07) is 0. The van der Waals surface area contributed by atoms with E-state index in [4.69, 9.17) is 24.1 Å². The molecule has 0 fully saturated rings. The number of nitrogens with zero attached hydrogens (tertiary/aromatic N) is 4. The summed E-state index contributed by atoms with van der Waals surface area (Å²) in [4.78, 5) is 0. The van der Waals surface area contributed by atoms with Crippen molar-refractivity contribution in [1.29, 1.82) is 0 Å². The summed E-state index contributed by atoms with van der Waals surface area (Å²) in [6.07, 6.45) is 0. The molecule has 0 bridgehead atoms. The summed E-state index contributed by atoms with van der Waals surface area (Å²) in [5.74, 6) is 0. The third kappa shape index (κ3) is 2.64. The molecule has 2 aromatic rings. The van der Waals surface area contributed by atoms with E-state index in [1.165, 1.54) is 22.8 Å². The summed E-state index contributed by atoms with van der Waals surface area (Å²) in [7, 11) is 8.25. The molecule has 0 radical (unpaired) electrons. The van der Waals surface area contributed by atoms with Gasteiger partial charge in [0.2, 0.25) is 0 Å². The van der Waals surface area contributed by atoms with Gasteiger partial charge in [0.15, 0.2) is 0 Å². The van der Waals surface area contributed by atoms with Crippen LogP contribution in [-0.2, 0) is 52.2 Å². The second kappa shape index (κ2) is 6.42. The molecule has 8 heteroatoms. The van der Waals surface area contributed by atoms with Crippen LogP contribution >= 0.6 is 5.24 Å². The van der Waals surface area contributed by atoms with E-state index in [9.17, 15) is 0 Å². The standard InChI is InChI=1S/C14H24N4PS2.BrH/c1-9-10(2)16(6)13(15(9)5)19(20,21)14-17(7)11(3)12(4)18(14)8;/h1-8H3;1H/q+1;/p-1. The molecule has 0 atom stereocenters. The Kier molecular flexibility index (Phi) is 5.82. The average Bonchev–Trinajstić information content (AvgIpc) is 2.72. The third-order valence-corrected chi connectivity index (χ3v) is 9.00. The lowest BCUT2D eigenvalue weighted by Crippen LogP contribution is -3.00. The fourth-order valence-electron chi connectivity index (χ4n) is 2.90. The van der Waals surface area contributed by atoms with Crippen molar-refractivity contribution >= 4 is 40.4 Å². The minimum atomic E-state index is -2.29. The van der Waals surface area contributed by atoms with Gasteiger partial charge in [-0.15, -0.1) is 0 Å². The van der Waals surface area contributed by atoms with Crippen LogP contribution in [0.2, 0.25) is 0 Å². The summed E-state index contributed by atoms with van der Waals surface area (Å²) in [5, 5.41) is -2.29. The van der Waals surface area contributed by atoms with E-state index < -0.39 is 5.24 Å². The smallest absolute Gasteiger partial charge is 0.274 e. The van der Waals surface area contributed by atoms with Gasteiger partial charge in [-0.05, 0) is 0 Å². The van der Waals surface area contributed by atoms with Crippen molar-refractivity contribution in [2.75, 3.05) is 0 Å². The van der Waals surface area contributed by atoms with E-state index in [1.807, 2.05) is 0 Å². The van der Waals surface area contributed by atoms with E-state index in [-0.39, 0.29) is 17.0 Å². The van der Waals surface area contributed by atoms with Crippen LogP contribution in [0.4, 0.5) is 0 Å². The first-order valence-corrected chi connectivity index (χ1v) is 10.7. The average molecular weight is 423 g/mol. The lowest BCUT2D eigenvalue weighted by molar-refractivity contribution is -0.662. The fourth-order valence-corrected chi connectivity index (χ4v) is 8.20. The maximum atomic E-state index is 6.01. The van der Waals surface area contributed by atoms with Gasteiger partial charge in [0.1, 0.15) is 22.8 Å². The molecule has 124 valence electrons. The highest BCUT2D eigenvalue weighted by Gasteiger charge is 2.35. The van der Waals surface area contributed by atoms with Crippen LogP contribution in [0, 0.1) is 27.7 Å². The van der Waals surface area contributed by atoms with E-state index in [0.717, 1.165) is 11.1 Å². The van der Waals surface area contributed by atoms with Crippen molar-refractivity contribution in [3.63, 3.8) is 0 Å². The van der Waals surface area contributed by atoms with Crippen molar-refractivity contribution in [1.82, 2.24) is 9.13 Å². The molecule has 2 aromatic heterocycles. The highest BCUT2D eigenvalue weighted by atomic mass is 79.9. The van der Waals surface area contributed by atoms with Gasteiger partial charge in [-0.2, -0.15) is 0 Å². The van der Waals surface area contributed by atoms with Crippen LogP contribution < -0.4 is 37.2 Å². The minimum Gasteiger partial charge on any atom is -1.00 e. The zero-order valence-electron chi connectivity index (χ0n) is 14.4. The Morgan fingerprint density at radius 1 is 0.864 bits per heavy atom. The molecule has 0 unspecified atom stereocenters. The zero-order chi connectivity index (χ0) is 16.3. The van der Waals surface area contributed by atoms with E-state index in [2.05, 4.69) is 74.2 Å². The van der Waals surface area contributed by atoms with Crippen molar-refractivity contribution < 1.29 is 26.1 Å². The molecule has 0 aromatic carbocycles. The quantitative estimate of drug-likeness (QED) is 0.294. The Balaban J connectivity index is 0.00000242. The van der Waals surface area contributed by atoms with Crippen LogP contribution in [0.5, 0.6) is 0 Å². The highest BCUT2D eigenvalue weighted by molar-refractivity contribution is 8.60. The number of imidazole rings is 2. The van der Waals surface area contributed by atoms with Gasteiger partial charge < -0.3 is 29.2 Å². The molecule has 0 spiro atoms. The summed E-state index contributed by atoms with van der Waals surface area (Å²) < 4.78 is 8.67. The lowest BCUT2D eigenvalue weighted by Gasteiger charge is -2.21. The van der Waals surface area contributed by atoms with Gasteiger partial charge in [-0.1, -0.05) is 11.8 Å². The molecule has 0 saturated carbocycles. The SMILES string of the molecule is Cc1c(C)[n+](C)c(P(=S)([S-])c2n(C)c(C)c(C)[n+]2C)n1C.[Br-]. The molecule has 0 aliphatic heterocycles. The normalized spacial score (nSPS) is 11.7. The monoisotopic (exact) mass is 422 g/mol. The molecule has 2 rings (SSSR count). The number of hydrogen-bond donors (Lipinski definition) is 0. The van der Waals surface area contributed by atoms with Crippen molar-refractivity contribution in [2.45, 2.75) is 27.7 Å². The number of hydrogen-bond acceptors (Lipinski definition) is 2. The van der Waals surface area contributed by atoms with Crippen molar-refractivity contribution in [3.05, 3.63) is 22.8 Å². The topological polar surface area (TPSA) is 17.6 Å². The van der Waals surface area contributed by atoms with Crippen LogP contribution in [0.15, 0.2) is 0 Å². The number of halogens is 1. The molecule has 0 saturated heterocycles. The molecule has 0 N–H and O–H groups in total. The van der Waals surface area contributed by atoms with Gasteiger partial charge in [0, 0.05) is 27.7 Å². The maximum absolute atomic E-state index is 6.01. The molecule has 0 amide bonds. The highest BCUT2D eigenvalue weighted by Crippen LogP contribution is 2.39. The first-order chi connectivity index (χ1) is 9.53. The predicted octanol–water partition coefficient (Wildman–Crippen LogP) is -2.86. The molecule has 0 aliphatic rings. The Labute approximate surface area is 154 Å². The summed E-state index contributed by atoms with van der Waals surface area (Å²) in [6.45, 7) is 8.46. The first-order valence-electron chi connectivity index (χ1n) is 6.89. The Morgan fingerprint density at radius 2 is 1.14 bits per heavy atom. The van der Waals surface area contributed by atoms with Crippen LogP contribution in [0.1, 0.15) is 22.8 Å². The van der Waals surface area contributed by atoms with E-state index >= 15 is 0 Å². The van der Waals surface area contributed by atoms with Gasteiger partial charge in [0.05, 0.1) is 33.4 Å². The summed E-state index contributed by atoms with van der Waals surface area (Å²) >= 11 is 12.0. The van der Waals surface area contributed by atoms with Crippen LogP contribution in [0.3, 0.4) is 0 Å². The van der Waals surface area contributed by atoms with E-state index in [0.29, 0.717) is 0 Å². The largest absolute Gasteiger partial charge is 1.00 e. The van der Waals surface area contributed by atoms with Gasteiger partial charge >= 0.3 is 0 Å². The van der Waals surface area contributed by atoms with Crippen molar-refractivity contribution in [2.24, 2.45) is 28.2 Å². The molecule has 4 nitrogen and oxygen atoms in total. The predicted molar refractivity (Wildman–Crippen MR) is 93.0 cm³/mol. The molecule has 22 heavy (non-hydrogen) atoms. The van der Waals surface area contributed by atoms with Crippen molar-refractivity contribution in [3.8, 4) is 0 Å². The first kappa shape index (κ1) is 19.9. The second-order valence-electron chi connectivity index (χ2n) is 5.73. The van der Waals surface area contributed by atoms with Gasteiger partial charge in [-0.3, -0.25) is 0 Å². The van der Waals surface area contributed by atoms with Gasteiger partial charge in [0.25, 0.3) is 11.1 Å².